The van der Waals surface area contributed by atoms with Crippen LogP contribution in [0.25, 0.3) is 0 Å². The van der Waals surface area contributed by atoms with Crippen molar-refractivity contribution in [3.8, 4) is 0 Å². The molecule has 7 nitrogen and oxygen atoms in total. The fourth-order valence-electron chi connectivity index (χ4n) is 1.47. The lowest BCUT2D eigenvalue weighted by Gasteiger charge is -2.05. The fraction of sp³-hybridized carbons (Fsp3) is 0.0909. The molecule has 1 heterocycles. The van der Waals surface area contributed by atoms with Crippen molar-refractivity contribution >= 4 is 28.9 Å². The van der Waals surface area contributed by atoms with Crippen molar-refractivity contribution in [2.75, 3.05) is 5.32 Å². The van der Waals surface area contributed by atoms with Crippen molar-refractivity contribution in [3.05, 3.63) is 50.9 Å². The summed E-state index contributed by atoms with van der Waals surface area (Å²) in [7, 11) is 0. The van der Waals surface area contributed by atoms with Gasteiger partial charge in [-0.2, -0.15) is 0 Å². The van der Waals surface area contributed by atoms with Gasteiger partial charge in [-0.05, 0) is 19.1 Å². The summed E-state index contributed by atoms with van der Waals surface area (Å²) in [5.41, 5.74) is -0.0146. The number of halogens is 1. The van der Waals surface area contributed by atoms with Crippen molar-refractivity contribution < 1.29 is 14.2 Å². The fourth-order valence-corrected chi connectivity index (χ4v) is 1.63. The number of amides is 1. The number of hydrogen-bond donors (Lipinski definition) is 1. The second-order valence-electron chi connectivity index (χ2n) is 3.67. The average Bonchev–Trinajstić information content (AvgIpc) is 2.77. The zero-order valence-corrected chi connectivity index (χ0v) is 10.5. The van der Waals surface area contributed by atoms with E-state index in [2.05, 4.69) is 10.5 Å². The largest absolute Gasteiger partial charge is 0.361 e. The Hall–Kier alpha value is -2.41. The minimum absolute atomic E-state index is 0.0556. The van der Waals surface area contributed by atoms with Gasteiger partial charge in [0.25, 0.3) is 11.6 Å². The first-order valence-corrected chi connectivity index (χ1v) is 5.53. The molecule has 0 saturated carbocycles. The standard InChI is InChI=1S/C11H8ClN3O4/c1-6-8(5-13-19-6)11(16)14-9-3-2-7(12)4-10(9)15(17)18/h2-5H,1H3,(H,14,16). The number of hydrogen-bond acceptors (Lipinski definition) is 5. The number of rotatable bonds is 3. The van der Waals surface area contributed by atoms with Crippen LogP contribution >= 0.6 is 11.6 Å². The van der Waals surface area contributed by atoms with E-state index < -0.39 is 10.8 Å². The van der Waals surface area contributed by atoms with Crippen LogP contribution in [0.1, 0.15) is 16.1 Å². The number of nitrogens with zero attached hydrogens (tertiary/aromatic N) is 2. The molecule has 1 N–H and O–H groups in total. The number of nitro benzene ring substituents is 1. The highest BCUT2D eigenvalue weighted by molar-refractivity contribution is 6.31. The molecule has 98 valence electrons. The Morgan fingerprint density at radius 2 is 2.26 bits per heavy atom. The van der Waals surface area contributed by atoms with Gasteiger partial charge >= 0.3 is 0 Å². The molecular formula is C11H8ClN3O4. The van der Waals surface area contributed by atoms with E-state index in [4.69, 9.17) is 16.1 Å². The first-order chi connectivity index (χ1) is 8.99. The number of anilines is 1. The Balaban J connectivity index is 2.32. The topological polar surface area (TPSA) is 98.3 Å². The van der Waals surface area contributed by atoms with Crippen LogP contribution in [0.5, 0.6) is 0 Å². The minimum Gasteiger partial charge on any atom is -0.361 e. The summed E-state index contributed by atoms with van der Waals surface area (Å²) in [5, 5.41) is 17.0. The predicted octanol–water partition coefficient (Wildman–Crippen LogP) is 2.80. The van der Waals surface area contributed by atoms with Gasteiger partial charge in [0.2, 0.25) is 0 Å². The Kier molecular flexibility index (Phi) is 3.48. The van der Waals surface area contributed by atoms with Gasteiger partial charge in [-0.1, -0.05) is 16.8 Å². The average molecular weight is 282 g/mol. The molecule has 0 aliphatic heterocycles. The number of carbonyl (C=O) groups is 1. The van der Waals surface area contributed by atoms with E-state index >= 15 is 0 Å². The van der Waals surface area contributed by atoms with Gasteiger partial charge < -0.3 is 9.84 Å². The lowest BCUT2D eigenvalue weighted by Crippen LogP contribution is -2.13. The molecule has 0 saturated heterocycles. The smallest absolute Gasteiger partial charge is 0.294 e. The van der Waals surface area contributed by atoms with Gasteiger partial charge in [-0.25, -0.2) is 0 Å². The molecule has 2 rings (SSSR count). The van der Waals surface area contributed by atoms with Crippen molar-refractivity contribution in [2.24, 2.45) is 0 Å². The minimum atomic E-state index is -0.623. The Labute approximate surface area is 112 Å². The van der Waals surface area contributed by atoms with Gasteiger partial charge in [0.15, 0.2) is 0 Å². The molecule has 0 aliphatic carbocycles. The third kappa shape index (κ3) is 2.71. The summed E-state index contributed by atoms with van der Waals surface area (Å²) < 4.78 is 4.75. The summed E-state index contributed by atoms with van der Waals surface area (Å²) in [5.74, 6) is -0.210. The maximum atomic E-state index is 11.9. The zero-order valence-electron chi connectivity index (χ0n) is 9.71. The molecule has 2 aromatic rings. The molecule has 8 heteroatoms. The maximum absolute atomic E-state index is 11.9. The molecule has 1 amide bonds. The first-order valence-electron chi connectivity index (χ1n) is 5.15. The molecule has 0 fully saturated rings. The van der Waals surface area contributed by atoms with E-state index in [1.807, 2.05) is 0 Å². The highest BCUT2D eigenvalue weighted by Crippen LogP contribution is 2.28. The number of benzene rings is 1. The molecule has 0 unspecified atom stereocenters. The second-order valence-corrected chi connectivity index (χ2v) is 4.10. The van der Waals surface area contributed by atoms with Gasteiger partial charge in [-0.3, -0.25) is 14.9 Å². The molecule has 1 aromatic carbocycles. The number of carbonyl (C=O) groups excluding carboxylic acids is 1. The lowest BCUT2D eigenvalue weighted by atomic mass is 10.2. The summed E-state index contributed by atoms with van der Waals surface area (Å²) in [4.78, 5) is 22.1. The van der Waals surface area contributed by atoms with E-state index in [-0.39, 0.29) is 22.0 Å². The molecule has 0 radical (unpaired) electrons. The van der Waals surface area contributed by atoms with Crippen LogP contribution in [-0.4, -0.2) is 16.0 Å². The van der Waals surface area contributed by atoms with Gasteiger partial charge in [0, 0.05) is 11.1 Å². The van der Waals surface area contributed by atoms with Crippen molar-refractivity contribution in [1.82, 2.24) is 5.16 Å². The summed E-state index contributed by atoms with van der Waals surface area (Å²) in [6, 6.07) is 3.98. The molecular weight excluding hydrogens is 274 g/mol. The number of nitro groups is 1. The monoisotopic (exact) mass is 281 g/mol. The van der Waals surface area contributed by atoms with Crippen LogP contribution in [0.2, 0.25) is 5.02 Å². The number of aromatic nitrogens is 1. The van der Waals surface area contributed by atoms with E-state index in [1.165, 1.54) is 18.3 Å². The molecule has 19 heavy (non-hydrogen) atoms. The summed E-state index contributed by atoms with van der Waals surface area (Å²) in [6.07, 6.45) is 1.24. The summed E-state index contributed by atoms with van der Waals surface area (Å²) >= 11 is 5.68. The van der Waals surface area contributed by atoms with Crippen LogP contribution in [0.3, 0.4) is 0 Å². The number of nitrogens with one attached hydrogen (secondary N) is 1. The Morgan fingerprint density at radius 3 is 2.84 bits per heavy atom. The quantitative estimate of drug-likeness (QED) is 0.689. The highest BCUT2D eigenvalue weighted by atomic mass is 35.5. The highest BCUT2D eigenvalue weighted by Gasteiger charge is 2.19. The summed E-state index contributed by atoms with van der Waals surface area (Å²) in [6.45, 7) is 1.57. The maximum Gasteiger partial charge on any atom is 0.294 e. The van der Waals surface area contributed by atoms with Crippen LogP contribution < -0.4 is 5.32 Å². The van der Waals surface area contributed by atoms with Crippen molar-refractivity contribution in [3.63, 3.8) is 0 Å². The van der Waals surface area contributed by atoms with E-state index in [0.717, 1.165) is 6.07 Å². The van der Waals surface area contributed by atoms with Crippen LogP contribution in [0.15, 0.2) is 28.9 Å². The Bertz CT molecular complexity index is 653. The van der Waals surface area contributed by atoms with E-state index in [0.29, 0.717) is 5.76 Å². The van der Waals surface area contributed by atoms with Crippen LogP contribution in [-0.2, 0) is 0 Å². The van der Waals surface area contributed by atoms with E-state index in [9.17, 15) is 14.9 Å². The molecule has 1 aromatic heterocycles. The SMILES string of the molecule is Cc1oncc1C(=O)Nc1ccc(Cl)cc1[N+](=O)[O-]. The van der Waals surface area contributed by atoms with Crippen molar-refractivity contribution in [2.45, 2.75) is 6.92 Å². The molecule has 0 spiro atoms. The van der Waals surface area contributed by atoms with Crippen LogP contribution in [0, 0.1) is 17.0 Å². The van der Waals surface area contributed by atoms with Gasteiger partial charge in [-0.15, -0.1) is 0 Å². The normalized spacial score (nSPS) is 10.2. The third-order valence-electron chi connectivity index (χ3n) is 2.40. The second kappa shape index (κ2) is 5.07. The number of aryl methyl sites for hydroxylation is 1. The lowest BCUT2D eigenvalue weighted by molar-refractivity contribution is -0.383. The zero-order chi connectivity index (χ0) is 14.0. The molecule has 0 bridgehead atoms. The third-order valence-corrected chi connectivity index (χ3v) is 2.64. The first kappa shape index (κ1) is 13.0. The van der Waals surface area contributed by atoms with Gasteiger partial charge in [0.1, 0.15) is 17.0 Å². The molecule has 0 atom stereocenters. The van der Waals surface area contributed by atoms with Crippen LogP contribution in [0.4, 0.5) is 11.4 Å². The van der Waals surface area contributed by atoms with Crippen molar-refractivity contribution in [1.29, 1.82) is 0 Å². The van der Waals surface area contributed by atoms with Gasteiger partial charge in [0.05, 0.1) is 11.1 Å². The molecule has 0 aliphatic rings. The predicted molar refractivity (Wildman–Crippen MR) is 67.3 cm³/mol. The Morgan fingerprint density at radius 1 is 1.53 bits per heavy atom. The van der Waals surface area contributed by atoms with E-state index in [1.54, 1.807) is 6.92 Å².